The van der Waals surface area contributed by atoms with E-state index in [1.807, 2.05) is 38.1 Å². The molecule has 1 heterocycles. The van der Waals surface area contributed by atoms with Crippen LogP contribution in [0.1, 0.15) is 50.7 Å². The normalized spacial score (nSPS) is 21.8. The van der Waals surface area contributed by atoms with Gasteiger partial charge in [0, 0.05) is 32.0 Å². The molecule has 1 unspecified atom stereocenters. The lowest BCUT2D eigenvalue weighted by Gasteiger charge is -2.23. The number of ether oxygens (including phenoxy) is 1. The number of carbonyl (C=O) groups is 3. The van der Waals surface area contributed by atoms with E-state index >= 15 is 0 Å². The number of hydrogen-bond acceptors (Lipinski definition) is 4. The lowest BCUT2D eigenvalue weighted by Crippen LogP contribution is -2.36. The minimum absolute atomic E-state index is 0.0176. The van der Waals surface area contributed by atoms with E-state index < -0.39 is 17.5 Å². The largest absolute Gasteiger partial charge is 0.481 e. The van der Waals surface area contributed by atoms with E-state index in [9.17, 15) is 19.5 Å². The van der Waals surface area contributed by atoms with Gasteiger partial charge < -0.3 is 20.1 Å². The molecule has 1 aliphatic carbocycles. The third-order valence-electron chi connectivity index (χ3n) is 7.72. The van der Waals surface area contributed by atoms with Crippen molar-refractivity contribution in [1.82, 2.24) is 10.2 Å². The number of rotatable bonds is 8. The number of carboxylic acid groups (broad SMARTS) is 1. The first-order chi connectivity index (χ1) is 16.7. The molecule has 0 spiro atoms. The number of nitrogens with zero attached hydrogens (tertiary/aromatic N) is 1. The van der Waals surface area contributed by atoms with Crippen molar-refractivity contribution in [3.8, 4) is 11.1 Å². The molecule has 2 aromatic carbocycles. The lowest BCUT2D eigenvalue weighted by atomic mass is 9.81. The molecule has 2 aliphatic rings. The standard InChI is InChI=1S/C28H34N2O5/c1-18(14-25(31)30-15-19(2)28(3,17-30)26(32)33)12-13-29-27(34)35-16-24-22-10-6-4-8-20(22)21-9-5-7-11-23(21)24/h4-11,18-19,24H,12-17H2,1-3H3,(H,29,34)(H,32,33)/t18?,19-,28-/m1/s1. The van der Waals surface area contributed by atoms with Gasteiger partial charge in [0.25, 0.3) is 0 Å². The first-order valence-corrected chi connectivity index (χ1v) is 12.3. The molecule has 0 aromatic heterocycles. The maximum atomic E-state index is 12.7. The number of alkyl carbamates (subject to hydrolysis) is 1. The van der Waals surface area contributed by atoms with Crippen LogP contribution in [0.5, 0.6) is 0 Å². The van der Waals surface area contributed by atoms with Gasteiger partial charge in [-0.05, 0) is 47.4 Å². The van der Waals surface area contributed by atoms with E-state index in [0.717, 1.165) is 0 Å². The Labute approximate surface area is 206 Å². The molecule has 2 amide bonds. The number of aliphatic carboxylic acids is 1. The molecule has 7 nitrogen and oxygen atoms in total. The predicted octanol–water partition coefficient (Wildman–Crippen LogP) is 4.51. The summed E-state index contributed by atoms with van der Waals surface area (Å²) in [6.45, 7) is 6.93. The Morgan fingerprint density at radius 2 is 1.71 bits per heavy atom. The monoisotopic (exact) mass is 478 g/mol. The molecule has 0 saturated carbocycles. The van der Waals surface area contributed by atoms with Crippen molar-refractivity contribution in [2.24, 2.45) is 17.3 Å². The van der Waals surface area contributed by atoms with Gasteiger partial charge >= 0.3 is 12.1 Å². The molecule has 35 heavy (non-hydrogen) atoms. The topological polar surface area (TPSA) is 95.9 Å². The number of likely N-dealkylation sites (tertiary alicyclic amines) is 1. The van der Waals surface area contributed by atoms with Crippen molar-refractivity contribution < 1.29 is 24.2 Å². The van der Waals surface area contributed by atoms with Crippen LogP contribution in [-0.4, -0.2) is 54.2 Å². The lowest BCUT2D eigenvalue weighted by molar-refractivity contribution is -0.149. The zero-order valence-corrected chi connectivity index (χ0v) is 20.6. The molecular weight excluding hydrogens is 444 g/mol. The highest BCUT2D eigenvalue weighted by molar-refractivity contribution is 5.81. The number of carboxylic acids is 1. The van der Waals surface area contributed by atoms with Crippen LogP contribution >= 0.6 is 0 Å². The average molecular weight is 479 g/mol. The molecule has 186 valence electrons. The fraction of sp³-hybridized carbons (Fsp3) is 0.464. The van der Waals surface area contributed by atoms with Crippen LogP contribution in [0, 0.1) is 17.3 Å². The van der Waals surface area contributed by atoms with Gasteiger partial charge in [0.15, 0.2) is 0 Å². The van der Waals surface area contributed by atoms with Crippen LogP contribution in [0.2, 0.25) is 0 Å². The van der Waals surface area contributed by atoms with Crippen LogP contribution in [0.3, 0.4) is 0 Å². The number of fused-ring (bicyclic) bond motifs is 3. The number of amides is 2. The number of nitrogens with one attached hydrogen (secondary N) is 1. The summed E-state index contributed by atoms with van der Waals surface area (Å²) >= 11 is 0. The van der Waals surface area contributed by atoms with Gasteiger partial charge in [-0.25, -0.2) is 4.79 Å². The quantitative estimate of drug-likeness (QED) is 0.582. The van der Waals surface area contributed by atoms with Crippen LogP contribution < -0.4 is 5.32 Å². The Morgan fingerprint density at radius 1 is 1.11 bits per heavy atom. The minimum Gasteiger partial charge on any atom is -0.481 e. The Balaban J connectivity index is 1.21. The van der Waals surface area contributed by atoms with Gasteiger partial charge in [0.05, 0.1) is 5.41 Å². The van der Waals surface area contributed by atoms with Crippen molar-refractivity contribution in [3.63, 3.8) is 0 Å². The van der Waals surface area contributed by atoms with Gasteiger partial charge in [-0.3, -0.25) is 9.59 Å². The molecule has 1 aliphatic heterocycles. The highest BCUT2D eigenvalue weighted by atomic mass is 16.5. The first kappa shape index (κ1) is 24.8. The summed E-state index contributed by atoms with van der Waals surface area (Å²) in [7, 11) is 0. The van der Waals surface area contributed by atoms with Crippen molar-refractivity contribution in [2.75, 3.05) is 26.2 Å². The number of carbonyl (C=O) groups excluding carboxylic acids is 2. The Kier molecular flexibility index (Phi) is 7.15. The van der Waals surface area contributed by atoms with Gasteiger partial charge in [-0.2, -0.15) is 0 Å². The Morgan fingerprint density at radius 3 is 2.29 bits per heavy atom. The van der Waals surface area contributed by atoms with E-state index in [2.05, 4.69) is 29.6 Å². The molecule has 2 N–H and O–H groups in total. The molecule has 4 rings (SSSR count). The summed E-state index contributed by atoms with van der Waals surface area (Å²) < 4.78 is 5.56. The van der Waals surface area contributed by atoms with Crippen molar-refractivity contribution in [1.29, 1.82) is 0 Å². The summed E-state index contributed by atoms with van der Waals surface area (Å²) in [5.74, 6) is -0.905. The molecule has 0 bridgehead atoms. The van der Waals surface area contributed by atoms with Crippen LogP contribution in [0.25, 0.3) is 11.1 Å². The summed E-state index contributed by atoms with van der Waals surface area (Å²) in [5.41, 5.74) is 3.82. The van der Waals surface area contributed by atoms with E-state index in [4.69, 9.17) is 4.74 Å². The molecular formula is C28H34N2O5. The van der Waals surface area contributed by atoms with Crippen molar-refractivity contribution in [3.05, 3.63) is 59.7 Å². The summed E-state index contributed by atoms with van der Waals surface area (Å²) in [5, 5.41) is 12.3. The van der Waals surface area contributed by atoms with E-state index in [0.29, 0.717) is 25.9 Å². The van der Waals surface area contributed by atoms with Crippen molar-refractivity contribution >= 4 is 18.0 Å². The average Bonchev–Trinajstić information content (AvgIpc) is 3.32. The summed E-state index contributed by atoms with van der Waals surface area (Å²) in [4.78, 5) is 38.3. The summed E-state index contributed by atoms with van der Waals surface area (Å²) in [6.07, 6.45) is 0.501. The molecule has 7 heteroatoms. The number of benzene rings is 2. The number of hydrogen-bond donors (Lipinski definition) is 2. The maximum Gasteiger partial charge on any atom is 0.407 e. The third kappa shape index (κ3) is 5.04. The SMILES string of the molecule is CC(CCNC(=O)OCC1c2ccccc2-c2ccccc21)CC(=O)N1C[C@@H](C)[C@](C)(C(=O)O)C1. The molecule has 0 radical (unpaired) electrons. The third-order valence-corrected chi connectivity index (χ3v) is 7.72. The zero-order valence-electron chi connectivity index (χ0n) is 20.6. The van der Waals surface area contributed by atoms with Gasteiger partial charge in [-0.15, -0.1) is 0 Å². The fourth-order valence-corrected chi connectivity index (χ4v) is 5.22. The first-order valence-electron chi connectivity index (χ1n) is 12.3. The predicted molar refractivity (Wildman–Crippen MR) is 133 cm³/mol. The fourth-order valence-electron chi connectivity index (χ4n) is 5.22. The smallest absolute Gasteiger partial charge is 0.407 e. The molecule has 1 saturated heterocycles. The molecule has 2 aromatic rings. The Hall–Kier alpha value is -3.35. The van der Waals surface area contributed by atoms with Gasteiger partial charge in [0.2, 0.25) is 5.91 Å². The van der Waals surface area contributed by atoms with Crippen LogP contribution in [-0.2, 0) is 14.3 Å². The summed E-state index contributed by atoms with van der Waals surface area (Å²) in [6, 6.07) is 16.4. The highest BCUT2D eigenvalue weighted by Gasteiger charge is 2.47. The van der Waals surface area contributed by atoms with Crippen molar-refractivity contribution in [2.45, 2.75) is 39.5 Å². The van der Waals surface area contributed by atoms with Gasteiger partial charge in [-0.1, -0.05) is 62.4 Å². The van der Waals surface area contributed by atoms with Crippen LogP contribution in [0.4, 0.5) is 4.79 Å². The maximum absolute atomic E-state index is 12.7. The van der Waals surface area contributed by atoms with Gasteiger partial charge in [0.1, 0.15) is 6.61 Å². The zero-order chi connectivity index (χ0) is 25.2. The van der Waals surface area contributed by atoms with Crippen LogP contribution in [0.15, 0.2) is 48.5 Å². The minimum atomic E-state index is -0.898. The van der Waals surface area contributed by atoms with E-state index in [-0.39, 0.29) is 36.8 Å². The van der Waals surface area contributed by atoms with E-state index in [1.165, 1.54) is 22.3 Å². The Bertz CT molecular complexity index is 1070. The second-order valence-electron chi connectivity index (χ2n) is 10.2. The second kappa shape index (κ2) is 10.1. The van der Waals surface area contributed by atoms with E-state index in [1.54, 1.807) is 11.8 Å². The molecule has 3 atom stereocenters. The highest BCUT2D eigenvalue weighted by Crippen LogP contribution is 2.44. The second-order valence-corrected chi connectivity index (χ2v) is 10.2. The molecule has 1 fully saturated rings.